The van der Waals surface area contributed by atoms with E-state index < -0.39 is 29.5 Å². The molecule has 8 heteroatoms. The van der Waals surface area contributed by atoms with Crippen molar-refractivity contribution in [1.82, 2.24) is 0 Å². The number of hydrogen-bond acceptors (Lipinski definition) is 0. The predicted molar refractivity (Wildman–Crippen MR) is 42.7 cm³/mol. The van der Waals surface area contributed by atoms with E-state index in [1.807, 2.05) is 0 Å². The van der Waals surface area contributed by atoms with Gasteiger partial charge in [-0.1, -0.05) is 0 Å². The standard InChI is InChI=1S/C5H3Cl2F5Si/c1-2(8)4(11)13(6,7)5(12)3(9)10/h1H3. The third-order valence-corrected chi connectivity index (χ3v) is 4.65. The van der Waals surface area contributed by atoms with Crippen molar-refractivity contribution >= 4 is 28.9 Å². The maximum atomic E-state index is 12.6. The Morgan fingerprint density at radius 1 is 0.923 bits per heavy atom. The molecule has 0 rings (SSSR count). The summed E-state index contributed by atoms with van der Waals surface area (Å²) in [6.07, 6.45) is -2.84. The zero-order valence-electron chi connectivity index (χ0n) is 6.15. The normalized spacial score (nSPS) is 13.8. The van der Waals surface area contributed by atoms with E-state index in [0.29, 0.717) is 6.92 Å². The quantitative estimate of drug-likeness (QED) is 0.394. The Labute approximate surface area is 81.0 Å². The van der Waals surface area contributed by atoms with Crippen molar-refractivity contribution in [1.29, 1.82) is 0 Å². The first-order valence-corrected chi connectivity index (χ1v) is 6.85. The van der Waals surface area contributed by atoms with Crippen LogP contribution >= 0.6 is 22.2 Å². The van der Waals surface area contributed by atoms with Gasteiger partial charge in [-0.3, -0.25) is 0 Å². The van der Waals surface area contributed by atoms with Crippen molar-refractivity contribution < 1.29 is 22.0 Å². The third kappa shape index (κ3) is 2.96. The molecule has 0 N–H and O–H groups in total. The van der Waals surface area contributed by atoms with Crippen molar-refractivity contribution in [2.24, 2.45) is 0 Å². The van der Waals surface area contributed by atoms with Gasteiger partial charge in [-0.2, -0.15) is 8.78 Å². The summed E-state index contributed by atoms with van der Waals surface area (Å²) in [5.74, 6) is -1.51. The topological polar surface area (TPSA) is 0 Å². The van der Waals surface area contributed by atoms with Crippen LogP contribution in [0.15, 0.2) is 22.8 Å². The first-order valence-electron chi connectivity index (χ1n) is 2.82. The van der Waals surface area contributed by atoms with Crippen LogP contribution in [-0.4, -0.2) is 6.69 Å². The van der Waals surface area contributed by atoms with Crippen molar-refractivity contribution in [3.05, 3.63) is 22.8 Å². The van der Waals surface area contributed by atoms with Crippen molar-refractivity contribution in [2.45, 2.75) is 6.92 Å². The highest BCUT2D eigenvalue weighted by atomic mass is 35.7. The van der Waals surface area contributed by atoms with Crippen LogP contribution in [0.25, 0.3) is 0 Å². The van der Waals surface area contributed by atoms with Gasteiger partial charge in [-0.25, -0.2) is 13.2 Å². The molecule has 0 saturated heterocycles. The van der Waals surface area contributed by atoms with E-state index in [0.717, 1.165) is 0 Å². The molecule has 0 aliphatic carbocycles. The lowest BCUT2D eigenvalue weighted by molar-refractivity contribution is 0.391. The molecule has 0 fully saturated rings. The van der Waals surface area contributed by atoms with Gasteiger partial charge < -0.3 is 0 Å². The van der Waals surface area contributed by atoms with Gasteiger partial charge in [-0.15, -0.1) is 22.2 Å². The van der Waals surface area contributed by atoms with Gasteiger partial charge in [0.05, 0.1) is 0 Å². The SMILES string of the molecule is CC(F)=C(F)[Si](Cl)(Cl)C(F)=C(F)F. The zero-order chi connectivity index (χ0) is 10.8. The average molecular weight is 257 g/mol. The second-order valence-corrected chi connectivity index (χ2v) is 8.01. The Balaban J connectivity index is 5.23. The molecule has 0 aliphatic rings. The Hall–Kier alpha value is -0.0731. The van der Waals surface area contributed by atoms with E-state index in [1.165, 1.54) is 0 Å². The molecular weight excluding hydrogens is 254 g/mol. The number of allylic oxidation sites excluding steroid dienone is 1. The van der Waals surface area contributed by atoms with Crippen LogP contribution in [0.4, 0.5) is 22.0 Å². The van der Waals surface area contributed by atoms with E-state index in [2.05, 4.69) is 0 Å². The average Bonchev–Trinajstić information content (AvgIpc) is 2.01. The molecule has 0 aromatic heterocycles. The van der Waals surface area contributed by atoms with E-state index in [1.54, 1.807) is 0 Å². The van der Waals surface area contributed by atoms with Crippen LogP contribution < -0.4 is 0 Å². The summed E-state index contributed by atoms with van der Waals surface area (Å²) >= 11 is 9.89. The molecular formula is C5H3Cl2F5Si. The molecule has 0 aromatic carbocycles. The number of hydrogen-bond donors (Lipinski definition) is 0. The second kappa shape index (κ2) is 4.43. The zero-order valence-corrected chi connectivity index (χ0v) is 8.66. The van der Waals surface area contributed by atoms with E-state index in [9.17, 15) is 22.0 Å². The number of halogens is 7. The molecule has 76 valence electrons. The lowest BCUT2D eigenvalue weighted by Crippen LogP contribution is -2.24. The van der Waals surface area contributed by atoms with E-state index >= 15 is 0 Å². The molecule has 0 saturated carbocycles. The summed E-state index contributed by atoms with van der Waals surface area (Å²) in [6, 6.07) is 0. The molecule has 0 aliphatic heterocycles. The fraction of sp³-hybridized carbons (Fsp3) is 0.200. The highest BCUT2D eigenvalue weighted by Crippen LogP contribution is 2.37. The Morgan fingerprint density at radius 2 is 1.31 bits per heavy atom. The van der Waals surface area contributed by atoms with Gasteiger partial charge in [0.2, 0.25) is 0 Å². The molecule has 0 bridgehead atoms. The second-order valence-electron chi connectivity index (χ2n) is 2.00. The van der Waals surface area contributed by atoms with Crippen LogP contribution in [0.5, 0.6) is 0 Å². The molecule has 0 spiro atoms. The van der Waals surface area contributed by atoms with Crippen LogP contribution in [0.3, 0.4) is 0 Å². The Kier molecular flexibility index (Phi) is 4.41. The van der Waals surface area contributed by atoms with Crippen LogP contribution in [-0.2, 0) is 0 Å². The fourth-order valence-electron chi connectivity index (χ4n) is 0.431. The first-order chi connectivity index (χ1) is 5.71. The van der Waals surface area contributed by atoms with Gasteiger partial charge in [0, 0.05) is 0 Å². The summed E-state index contributed by atoms with van der Waals surface area (Å²) in [6.45, 7) is -4.19. The van der Waals surface area contributed by atoms with Gasteiger partial charge in [0.1, 0.15) is 5.83 Å². The minimum absolute atomic E-state index is 0.602. The lowest BCUT2D eigenvalue weighted by Gasteiger charge is -2.10. The fourth-order valence-corrected chi connectivity index (χ4v) is 2.50. The monoisotopic (exact) mass is 256 g/mol. The number of rotatable bonds is 2. The molecule has 0 unspecified atom stereocenters. The third-order valence-electron chi connectivity index (χ3n) is 1.02. The summed E-state index contributed by atoms with van der Waals surface area (Å²) < 4.78 is 60.4. The molecule has 0 atom stereocenters. The highest BCUT2D eigenvalue weighted by molar-refractivity contribution is 7.51. The van der Waals surface area contributed by atoms with Crippen LogP contribution in [0.2, 0.25) is 0 Å². The Morgan fingerprint density at radius 3 is 1.54 bits per heavy atom. The van der Waals surface area contributed by atoms with Crippen LogP contribution in [0.1, 0.15) is 6.92 Å². The maximum absolute atomic E-state index is 12.6. The van der Waals surface area contributed by atoms with Crippen LogP contribution in [0, 0.1) is 0 Å². The largest absolute Gasteiger partial charge is 0.377 e. The van der Waals surface area contributed by atoms with Crippen molar-refractivity contribution in [2.75, 3.05) is 0 Å². The minimum Gasteiger partial charge on any atom is -0.211 e. The summed E-state index contributed by atoms with van der Waals surface area (Å²) in [7, 11) is 0. The summed E-state index contributed by atoms with van der Waals surface area (Å²) in [5.41, 5.74) is -4.15. The van der Waals surface area contributed by atoms with E-state index in [4.69, 9.17) is 22.2 Å². The molecule has 0 amide bonds. The maximum Gasteiger partial charge on any atom is 0.377 e. The smallest absolute Gasteiger partial charge is 0.211 e. The minimum atomic E-state index is -4.79. The molecule has 0 aromatic rings. The van der Waals surface area contributed by atoms with Crippen molar-refractivity contribution in [3.63, 3.8) is 0 Å². The molecule has 0 nitrogen and oxygen atoms in total. The summed E-state index contributed by atoms with van der Waals surface area (Å²) in [5, 5.41) is 0. The van der Waals surface area contributed by atoms with Gasteiger partial charge in [0.25, 0.3) is 6.08 Å². The van der Waals surface area contributed by atoms with Gasteiger partial charge in [0.15, 0.2) is 10.9 Å². The molecule has 0 radical (unpaired) electrons. The van der Waals surface area contributed by atoms with Crippen molar-refractivity contribution in [3.8, 4) is 0 Å². The van der Waals surface area contributed by atoms with Gasteiger partial charge in [-0.05, 0) is 6.92 Å². The predicted octanol–water partition coefficient (Wildman–Crippen LogP) is 4.23. The first kappa shape index (κ1) is 12.9. The van der Waals surface area contributed by atoms with E-state index in [-0.39, 0.29) is 0 Å². The summed E-state index contributed by atoms with van der Waals surface area (Å²) in [4.78, 5) is 0. The highest BCUT2D eigenvalue weighted by Gasteiger charge is 2.45. The molecule has 13 heavy (non-hydrogen) atoms. The Bertz CT molecular complexity index is 238. The molecule has 0 heterocycles. The lowest BCUT2D eigenvalue weighted by atomic mass is 10.7. The van der Waals surface area contributed by atoms with Gasteiger partial charge >= 0.3 is 6.69 Å².